The largest absolute Gasteiger partial charge is 0.466 e. The third kappa shape index (κ3) is 4.32. The molecule has 3 aliphatic heterocycles. The fourth-order valence-electron chi connectivity index (χ4n) is 6.04. The molecule has 0 aromatic heterocycles. The van der Waals surface area contributed by atoms with E-state index in [1.165, 1.54) is 4.90 Å². The van der Waals surface area contributed by atoms with Gasteiger partial charge in [-0.3, -0.25) is 14.4 Å². The fourth-order valence-corrected chi connectivity index (χ4v) is 6.98. The fraction of sp³-hybridized carbons (Fsp3) is 0.800. The van der Waals surface area contributed by atoms with E-state index in [-0.39, 0.29) is 35.8 Å². The summed E-state index contributed by atoms with van der Waals surface area (Å²) >= 11 is 3.65. The number of nitrogens with zero attached hydrogens (tertiary/aromatic N) is 2. The van der Waals surface area contributed by atoms with Crippen molar-refractivity contribution in [1.29, 1.82) is 0 Å². The molecule has 0 aromatic carbocycles. The molecule has 2 bridgehead atoms. The van der Waals surface area contributed by atoms with Gasteiger partial charge in [-0.05, 0) is 46.5 Å². The number of likely N-dealkylation sites (tertiary alicyclic amines) is 1. The van der Waals surface area contributed by atoms with E-state index >= 15 is 0 Å². The molecule has 0 saturated carbocycles. The van der Waals surface area contributed by atoms with Gasteiger partial charge < -0.3 is 24.4 Å². The molecule has 1 N–H and O–H groups in total. The second-order valence-corrected chi connectivity index (χ2v) is 12.2. The molecule has 7 atom stereocenters. The number of hydrogen-bond donors (Lipinski definition) is 1. The predicted molar refractivity (Wildman–Crippen MR) is 131 cm³/mol. The topological polar surface area (TPSA) is 96.4 Å². The normalized spacial score (nSPS) is 33.3. The Kier molecular flexibility index (Phi) is 7.90. The molecule has 3 saturated heterocycles. The third-order valence-electron chi connectivity index (χ3n) is 7.25. The molecule has 34 heavy (non-hydrogen) atoms. The number of ether oxygens (including phenoxy) is 2. The number of esters is 1. The molecular formula is C25H39BrN2O6. The maximum Gasteiger partial charge on any atom is 0.312 e. The molecule has 2 amide bonds. The van der Waals surface area contributed by atoms with E-state index in [1.54, 1.807) is 17.9 Å². The zero-order valence-corrected chi connectivity index (χ0v) is 22.7. The van der Waals surface area contributed by atoms with Crippen molar-refractivity contribution in [2.24, 2.45) is 17.8 Å². The second-order valence-electron chi connectivity index (χ2n) is 11.0. The molecule has 9 heteroatoms. The SMILES string of the molecule is C=CCN(C(=O)C1N([C@@H](CO)CC(C)C)C(=O)[C@@H]2[C@@H](C(=O)OCC)[C@@H]3OC12CC3Br)C(C)(C)C. The van der Waals surface area contributed by atoms with Crippen molar-refractivity contribution in [3.63, 3.8) is 0 Å². The lowest BCUT2D eigenvalue weighted by Crippen LogP contribution is -2.62. The van der Waals surface area contributed by atoms with Crippen LogP contribution in [-0.2, 0) is 23.9 Å². The van der Waals surface area contributed by atoms with Crippen LogP contribution in [0.5, 0.6) is 0 Å². The van der Waals surface area contributed by atoms with Crippen LogP contribution in [-0.4, -0.2) is 86.6 Å². The summed E-state index contributed by atoms with van der Waals surface area (Å²) in [6.07, 6.45) is 2.06. The minimum Gasteiger partial charge on any atom is -0.466 e. The molecule has 3 fully saturated rings. The Bertz CT molecular complexity index is 827. The van der Waals surface area contributed by atoms with Gasteiger partial charge in [0.05, 0.1) is 37.2 Å². The number of fused-ring (bicyclic) bond motifs is 1. The highest BCUT2D eigenvalue weighted by atomic mass is 79.9. The van der Waals surface area contributed by atoms with Crippen LogP contribution in [0, 0.1) is 17.8 Å². The monoisotopic (exact) mass is 542 g/mol. The van der Waals surface area contributed by atoms with Gasteiger partial charge in [-0.2, -0.15) is 0 Å². The third-order valence-corrected chi connectivity index (χ3v) is 8.10. The van der Waals surface area contributed by atoms with E-state index in [2.05, 4.69) is 22.5 Å². The molecule has 3 heterocycles. The Morgan fingerprint density at radius 3 is 2.56 bits per heavy atom. The summed E-state index contributed by atoms with van der Waals surface area (Å²) in [5.41, 5.74) is -1.70. The van der Waals surface area contributed by atoms with Gasteiger partial charge in [-0.15, -0.1) is 6.58 Å². The molecule has 1 spiro atoms. The lowest BCUT2D eigenvalue weighted by molar-refractivity contribution is -0.157. The number of aliphatic hydroxyl groups is 1. The van der Waals surface area contributed by atoms with E-state index in [1.807, 2.05) is 34.6 Å². The average Bonchev–Trinajstić information content (AvgIpc) is 3.32. The number of carbonyl (C=O) groups is 3. The quantitative estimate of drug-likeness (QED) is 0.273. The van der Waals surface area contributed by atoms with Gasteiger partial charge >= 0.3 is 5.97 Å². The Morgan fingerprint density at radius 1 is 1.41 bits per heavy atom. The van der Waals surface area contributed by atoms with E-state index < -0.39 is 47.1 Å². The van der Waals surface area contributed by atoms with Gasteiger partial charge in [0.15, 0.2) is 0 Å². The predicted octanol–water partition coefficient (Wildman–Crippen LogP) is 2.52. The zero-order valence-electron chi connectivity index (χ0n) is 21.1. The number of amides is 2. The van der Waals surface area contributed by atoms with Crippen LogP contribution in [0.3, 0.4) is 0 Å². The van der Waals surface area contributed by atoms with E-state index in [9.17, 15) is 19.5 Å². The van der Waals surface area contributed by atoms with E-state index in [0.29, 0.717) is 19.4 Å². The van der Waals surface area contributed by atoms with Gasteiger partial charge in [-0.1, -0.05) is 35.9 Å². The molecule has 0 radical (unpaired) electrons. The van der Waals surface area contributed by atoms with Gasteiger partial charge in [0.2, 0.25) is 11.8 Å². The second kappa shape index (κ2) is 9.90. The molecular weight excluding hydrogens is 504 g/mol. The highest BCUT2D eigenvalue weighted by Gasteiger charge is 2.77. The van der Waals surface area contributed by atoms with Crippen LogP contribution in [0.25, 0.3) is 0 Å². The summed E-state index contributed by atoms with van der Waals surface area (Å²) in [5.74, 6) is -2.49. The Balaban J connectivity index is 2.16. The van der Waals surface area contributed by atoms with Gasteiger partial charge in [0.25, 0.3) is 0 Å². The average molecular weight is 543 g/mol. The lowest BCUT2D eigenvalue weighted by atomic mass is 9.70. The Hall–Kier alpha value is -1.45. The molecule has 192 valence electrons. The molecule has 3 aliphatic rings. The lowest BCUT2D eigenvalue weighted by Gasteiger charge is -2.43. The summed E-state index contributed by atoms with van der Waals surface area (Å²) in [7, 11) is 0. The zero-order chi connectivity index (χ0) is 25.6. The first-order chi connectivity index (χ1) is 15.8. The van der Waals surface area contributed by atoms with Crippen molar-refractivity contribution < 1.29 is 29.0 Å². The molecule has 8 nitrogen and oxygen atoms in total. The summed E-state index contributed by atoms with van der Waals surface area (Å²) < 4.78 is 11.8. The van der Waals surface area contributed by atoms with Crippen molar-refractivity contribution in [2.45, 2.75) is 88.5 Å². The maximum atomic E-state index is 14.3. The molecule has 3 unspecified atom stereocenters. The summed E-state index contributed by atoms with van der Waals surface area (Å²) in [6.45, 7) is 15.6. The van der Waals surface area contributed by atoms with Crippen LogP contribution in [0.4, 0.5) is 0 Å². The Labute approximate surface area is 211 Å². The summed E-state index contributed by atoms with van der Waals surface area (Å²) in [6, 6.07) is -1.52. The maximum absolute atomic E-state index is 14.3. The van der Waals surface area contributed by atoms with Crippen molar-refractivity contribution >= 4 is 33.7 Å². The molecule has 0 aliphatic carbocycles. The first kappa shape index (κ1) is 27.1. The highest BCUT2D eigenvalue weighted by Crippen LogP contribution is 2.61. The number of carbonyl (C=O) groups excluding carboxylic acids is 3. The minimum absolute atomic E-state index is 0.188. The van der Waals surface area contributed by atoms with Crippen LogP contribution in [0.2, 0.25) is 0 Å². The molecule has 3 rings (SSSR count). The van der Waals surface area contributed by atoms with Crippen LogP contribution in [0.15, 0.2) is 12.7 Å². The van der Waals surface area contributed by atoms with Crippen molar-refractivity contribution in [2.75, 3.05) is 19.8 Å². The number of aliphatic hydroxyl groups excluding tert-OH is 1. The number of hydrogen-bond acceptors (Lipinski definition) is 6. The Morgan fingerprint density at radius 2 is 2.06 bits per heavy atom. The van der Waals surface area contributed by atoms with Crippen LogP contribution < -0.4 is 0 Å². The smallest absolute Gasteiger partial charge is 0.312 e. The van der Waals surface area contributed by atoms with Gasteiger partial charge in [0.1, 0.15) is 11.6 Å². The molecule has 0 aromatic rings. The summed E-state index contributed by atoms with van der Waals surface area (Å²) in [4.78, 5) is 44.4. The highest BCUT2D eigenvalue weighted by molar-refractivity contribution is 9.09. The van der Waals surface area contributed by atoms with Crippen molar-refractivity contribution in [1.82, 2.24) is 9.80 Å². The van der Waals surface area contributed by atoms with Gasteiger partial charge in [0, 0.05) is 16.9 Å². The number of alkyl halides is 1. The standard InChI is InChI=1S/C25H39BrN2O6/c1-8-10-27(24(5,6)7)22(31)20-25-12-16(26)19(34-25)17(23(32)33-9-2)18(25)21(30)28(20)15(13-29)11-14(3)4/h8,14-20,29H,1,9-13H2,2-7H3/t15-,16?,17-,18+,19-,20?,25?/m1/s1. The van der Waals surface area contributed by atoms with E-state index in [4.69, 9.17) is 9.47 Å². The van der Waals surface area contributed by atoms with Crippen LogP contribution >= 0.6 is 15.9 Å². The first-order valence-corrected chi connectivity index (χ1v) is 13.1. The van der Waals surface area contributed by atoms with Crippen LogP contribution in [0.1, 0.15) is 54.4 Å². The van der Waals surface area contributed by atoms with Crippen molar-refractivity contribution in [3.8, 4) is 0 Å². The van der Waals surface area contributed by atoms with Gasteiger partial charge in [-0.25, -0.2) is 0 Å². The minimum atomic E-state index is -1.17. The van der Waals surface area contributed by atoms with E-state index in [0.717, 1.165) is 0 Å². The summed E-state index contributed by atoms with van der Waals surface area (Å²) in [5, 5.41) is 10.3. The number of halogens is 1. The van der Waals surface area contributed by atoms with Crippen molar-refractivity contribution in [3.05, 3.63) is 12.7 Å². The first-order valence-electron chi connectivity index (χ1n) is 12.2. The number of rotatable bonds is 9.